The van der Waals surface area contributed by atoms with Crippen LogP contribution in [0.5, 0.6) is 0 Å². The SMILES string of the molecule is N#Cc1ccc(C23CC4CC(CC(C4)C2)C3)c(C#N)c1-c1cc2c3cc4c(cc3c(-c3c(C#N)ccc(C56CC7CC(CC(C7)C5)C6)c3C#N)cc2c2cc3c(cc12)-c1cccc2cccc-3c12)-c1cccc2cccc-4c12. The minimum Gasteiger partial charge on any atom is -0.192 e. The van der Waals surface area contributed by atoms with Crippen molar-refractivity contribution in [3.63, 3.8) is 0 Å². The van der Waals surface area contributed by atoms with E-state index in [1.807, 2.05) is 12.1 Å². The van der Waals surface area contributed by atoms with Gasteiger partial charge in [-0.05, 0) is 293 Å². The molecule has 0 aromatic heterocycles. The van der Waals surface area contributed by atoms with Gasteiger partial charge in [-0.25, -0.2) is 0 Å². The van der Waals surface area contributed by atoms with Crippen LogP contribution in [0.15, 0.2) is 133 Å². The van der Waals surface area contributed by atoms with Crippen molar-refractivity contribution in [1.82, 2.24) is 0 Å². The van der Waals surface area contributed by atoms with Gasteiger partial charge in [-0.2, -0.15) is 21.0 Å². The Bertz CT molecular complexity index is 4310. The summed E-state index contributed by atoms with van der Waals surface area (Å²) in [7, 11) is 0. The molecule has 8 bridgehead atoms. The van der Waals surface area contributed by atoms with E-state index < -0.39 is 0 Å². The first-order valence-electron chi connectivity index (χ1n) is 28.9. The fraction of sp³-hybridized carbons (Fsp3) is 0.270. The Kier molecular flexibility index (Phi) is 8.45. The highest BCUT2D eigenvalue weighted by Gasteiger charge is 2.54. The van der Waals surface area contributed by atoms with Crippen LogP contribution < -0.4 is 0 Å². The summed E-state index contributed by atoms with van der Waals surface area (Å²) >= 11 is 0. The predicted molar refractivity (Wildman–Crippen MR) is 312 cm³/mol. The molecule has 0 unspecified atom stereocenters. The number of benzene rings is 10. The molecule has 10 aliphatic rings. The summed E-state index contributed by atoms with van der Waals surface area (Å²) in [6, 6.07) is 60.1. The Balaban J connectivity index is 0.998. The van der Waals surface area contributed by atoms with Gasteiger partial charge in [0.1, 0.15) is 12.1 Å². The first kappa shape index (κ1) is 43.5. The van der Waals surface area contributed by atoms with Crippen molar-refractivity contribution >= 4 is 53.9 Å². The molecule has 0 aliphatic heterocycles. The number of fused-ring (bicyclic) bond motifs is 11. The summed E-state index contributed by atoms with van der Waals surface area (Å²) < 4.78 is 0. The van der Waals surface area contributed by atoms with Crippen molar-refractivity contribution in [3.8, 4) is 91.0 Å². The molecule has 4 heteroatoms. The average Bonchev–Trinajstić information content (AvgIpc) is 4.04. The molecule has 10 aromatic rings. The highest BCUT2D eigenvalue weighted by Crippen LogP contribution is 2.64. The van der Waals surface area contributed by atoms with Gasteiger partial charge in [0.15, 0.2) is 0 Å². The van der Waals surface area contributed by atoms with E-state index in [1.54, 1.807) is 0 Å². The van der Waals surface area contributed by atoms with Crippen molar-refractivity contribution < 1.29 is 0 Å². The summed E-state index contributed by atoms with van der Waals surface area (Å²) in [5, 5.41) is 57.3. The van der Waals surface area contributed by atoms with Crippen LogP contribution in [-0.2, 0) is 10.8 Å². The first-order valence-corrected chi connectivity index (χ1v) is 28.9. The first-order chi connectivity index (χ1) is 38.3. The molecular formula is C74H52N4. The van der Waals surface area contributed by atoms with E-state index in [4.69, 9.17) is 0 Å². The predicted octanol–water partition coefficient (Wildman–Crippen LogP) is 18.5. The van der Waals surface area contributed by atoms with Crippen molar-refractivity contribution in [2.24, 2.45) is 35.5 Å². The molecule has 0 saturated heterocycles. The molecule has 4 nitrogen and oxygen atoms in total. The number of nitrogens with zero attached hydrogens (tertiary/aromatic N) is 4. The van der Waals surface area contributed by atoms with E-state index in [-0.39, 0.29) is 10.8 Å². The second-order valence-corrected chi connectivity index (χ2v) is 25.9. The monoisotopic (exact) mass is 996 g/mol. The Labute approximate surface area is 453 Å². The molecule has 0 spiro atoms. The molecule has 0 radical (unpaired) electrons. The van der Waals surface area contributed by atoms with Gasteiger partial charge < -0.3 is 0 Å². The summed E-state index contributed by atoms with van der Waals surface area (Å²) in [5.41, 5.74) is 17.2. The lowest BCUT2D eigenvalue weighted by Gasteiger charge is -2.57. The van der Waals surface area contributed by atoms with Crippen molar-refractivity contribution in [3.05, 3.63) is 167 Å². The summed E-state index contributed by atoms with van der Waals surface area (Å²) in [6.07, 6.45) is 14.5. The van der Waals surface area contributed by atoms with Gasteiger partial charge in [0, 0.05) is 11.1 Å². The van der Waals surface area contributed by atoms with Crippen LogP contribution in [0.2, 0.25) is 0 Å². The van der Waals surface area contributed by atoms with Gasteiger partial charge >= 0.3 is 0 Å². The molecule has 10 aliphatic carbocycles. The molecule has 78 heavy (non-hydrogen) atoms. The summed E-state index contributed by atoms with van der Waals surface area (Å²) in [6.45, 7) is 0. The van der Waals surface area contributed by atoms with Crippen molar-refractivity contribution in [2.75, 3.05) is 0 Å². The Hall–Kier alpha value is -8.54. The molecule has 20 rings (SSSR count). The van der Waals surface area contributed by atoms with Crippen molar-refractivity contribution in [2.45, 2.75) is 87.9 Å². The molecule has 368 valence electrons. The molecule has 8 saturated carbocycles. The van der Waals surface area contributed by atoms with Crippen LogP contribution in [0.1, 0.15) is 110 Å². The fourth-order valence-corrected chi connectivity index (χ4v) is 20.0. The van der Waals surface area contributed by atoms with Gasteiger partial charge in [-0.15, -0.1) is 0 Å². The molecular weight excluding hydrogens is 945 g/mol. The van der Waals surface area contributed by atoms with Gasteiger partial charge in [0.2, 0.25) is 0 Å². The second kappa shape index (κ2) is 15.1. The highest BCUT2D eigenvalue weighted by atomic mass is 14.6. The zero-order valence-electron chi connectivity index (χ0n) is 43.4. The lowest BCUT2D eigenvalue weighted by atomic mass is 9.47. The maximum Gasteiger partial charge on any atom is 0.100 e. The zero-order valence-corrected chi connectivity index (χ0v) is 43.4. The van der Waals surface area contributed by atoms with Gasteiger partial charge in [0.25, 0.3) is 0 Å². The van der Waals surface area contributed by atoms with Crippen LogP contribution in [0.25, 0.3) is 121 Å². The quantitative estimate of drug-likeness (QED) is 0.164. The maximum atomic E-state index is 11.8. The normalized spacial score (nSPS) is 25.9. The lowest BCUT2D eigenvalue weighted by molar-refractivity contribution is -0.00541. The van der Waals surface area contributed by atoms with Gasteiger partial charge in [-0.1, -0.05) is 84.9 Å². The van der Waals surface area contributed by atoms with Crippen LogP contribution in [-0.4, -0.2) is 0 Å². The molecule has 8 fully saturated rings. The van der Waals surface area contributed by atoms with Crippen molar-refractivity contribution in [1.29, 1.82) is 21.0 Å². The third kappa shape index (κ3) is 5.56. The number of rotatable bonds is 4. The van der Waals surface area contributed by atoms with E-state index in [9.17, 15) is 21.0 Å². The van der Waals surface area contributed by atoms with Crippen LogP contribution in [0.4, 0.5) is 0 Å². The largest absolute Gasteiger partial charge is 0.192 e. The molecule has 10 aromatic carbocycles. The third-order valence-corrected chi connectivity index (χ3v) is 21.9. The van der Waals surface area contributed by atoms with E-state index in [1.165, 1.54) is 82.3 Å². The van der Waals surface area contributed by atoms with Gasteiger partial charge in [-0.3, -0.25) is 0 Å². The number of hydrogen-bond donors (Lipinski definition) is 0. The van der Waals surface area contributed by atoms with E-state index in [0.29, 0.717) is 57.8 Å². The molecule has 0 atom stereocenters. The number of nitriles is 4. The van der Waals surface area contributed by atoms with E-state index in [0.717, 1.165) is 126 Å². The topological polar surface area (TPSA) is 95.2 Å². The Morgan fingerprint density at radius 2 is 0.603 bits per heavy atom. The Morgan fingerprint density at radius 1 is 0.308 bits per heavy atom. The molecule has 0 N–H and O–H groups in total. The lowest BCUT2D eigenvalue weighted by Crippen LogP contribution is -2.48. The smallest absolute Gasteiger partial charge is 0.100 e. The van der Waals surface area contributed by atoms with E-state index in [2.05, 4.69) is 146 Å². The van der Waals surface area contributed by atoms with Gasteiger partial charge in [0.05, 0.1) is 34.4 Å². The fourth-order valence-electron chi connectivity index (χ4n) is 20.0. The Morgan fingerprint density at radius 3 is 0.910 bits per heavy atom. The van der Waals surface area contributed by atoms with Crippen LogP contribution in [0, 0.1) is 80.8 Å². The second-order valence-electron chi connectivity index (χ2n) is 25.9. The zero-order chi connectivity index (χ0) is 51.5. The maximum absolute atomic E-state index is 11.8. The van der Waals surface area contributed by atoms with Crippen LogP contribution >= 0.6 is 0 Å². The number of hydrogen-bond acceptors (Lipinski definition) is 4. The molecule has 0 amide bonds. The minimum atomic E-state index is -0.0759. The summed E-state index contributed by atoms with van der Waals surface area (Å²) in [4.78, 5) is 0. The highest BCUT2D eigenvalue weighted by molar-refractivity contribution is 6.29. The summed E-state index contributed by atoms with van der Waals surface area (Å²) in [5.74, 6) is 4.12. The van der Waals surface area contributed by atoms with E-state index >= 15 is 0 Å². The van der Waals surface area contributed by atoms with Crippen LogP contribution in [0.3, 0.4) is 0 Å². The third-order valence-electron chi connectivity index (χ3n) is 21.9. The average molecular weight is 997 g/mol. The standard InChI is InChI=1S/C74H52N4/c75-35-47-13-15-67(73-29-39-17-40(30-73)19-41(18-39)31-73)65(37-77)71(47)63-28-60-58-24-54-50-10-2-6-46-8-4-12-52(70(46)50)56(54)26-62(58)64(27-59(60)57-23-53-49-9-1-5-45-7-3-11-51(69(45)49)55(53)25-61(57)63)72-48(36-76)14-16-68(66(72)38-78)74-32-42-20-43(33-74)22-44(21-42)34-74/h1-16,23-28,39-44H,17-22,29-34H2. The minimum absolute atomic E-state index is 0.0759. The molecule has 0 heterocycles.